The average Bonchev–Trinajstić information content (AvgIpc) is 2.32. The van der Waals surface area contributed by atoms with E-state index in [2.05, 4.69) is 0 Å². The van der Waals surface area contributed by atoms with Crippen LogP contribution in [0.2, 0.25) is 0 Å². The fraction of sp³-hybridized carbons (Fsp3) is 0.667. The maximum atomic E-state index is 14.4. The molecule has 0 spiro atoms. The molecule has 4 unspecified atom stereocenters. The predicted molar refractivity (Wildman–Crippen MR) is 52.2 cm³/mol. The fourth-order valence-corrected chi connectivity index (χ4v) is 3.48. The molecule has 0 N–H and O–H groups in total. The van der Waals surface area contributed by atoms with E-state index in [-0.39, 0.29) is 0 Å². The number of halogens is 6. The summed E-state index contributed by atoms with van der Waals surface area (Å²) in [6.07, 6.45) is -1.53. The number of allylic oxidation sites excluding steroid dienone is 4. The van der Waals surface area contributed by atoms with Crippen LogP contribution in [0.1, 0.15) is 26.7 Å². The third-order valence-electron chi connectivity index (χ3n) is 4.74. The van der Waals surface area contributed by atoms with Gasteiger partial charge in [-0.25, -0.2) is 26.3 Å². The van der Waals surface area contributed by atoms with Crippen LogP contribution in [-0.4, -0.2) is 22.7 Å². The van der Waals surface area contributed by atoms with Gasteiger partial charge < -0.3 is 0 Å². The van der Waals surface area contributed by atoms with Gasteiger partial charge in [-0.15, -0.1) is 0 Å². The van der Waals surface area contributed by atoms with Crippen LogP contribution in [0.5, 0.6) is 0 Å². The SMILES string of the molecule is CC1=C(C)CC2(F)C(F)(C1)C1(F)C(F)=C(F)C21F. The summed E-state index contributed by atoms with van der Waals surface area (Å²) in [6, 6.07) is 0. The van der Waals surface area contributed by atoms with Gasteiger partial charge in [0.2, 0.25) is 11.3 Å². The highest BCUT2D eigenvalue weighted by atomic mass is 19.2. The molecule has 0 heterocycles. The van der Waals surface area contributed by atoms with E-state index in [0.717, 1.165) is 0 Å². The Morgan fingerprint density at radius 1 is 0.722 bits per heavy atom. The van der Waals surface area contributed by atoms with E-state index in [1.54, 1.807) is 0 Å². The maximum Gasteiger partial charge on any atom is 0.245 e. The second kappa shape index (κ2) is 2.65. The Morgan fingerprint density at radius 3 is 1.28 bits per heavy atom. The van der Waals surface area contributed by atoms with E-state index >= 15 is 0 Å². The van der Waals surface area contributed by atoms with Gasteiger partial charge >= 0.3 is 0 Å². The fourth-order valence-electron chi connectivity index (χ4n) is 3.48. The Balaban J connectivity index is 2.23. The number of rotatable bonds is 0. The van der Waals surface area contributed by atoms with E-state index in [1.807, 2.05) is 0 Å². The number of fused-ring (bicyclic) bond motifs is 4. The first-order chi connectivity index (χ1) is 8.08. The molecule has 100 valence electrons. The van der Waals surface area contributed by atoms with Crippen LogP contribution >= 0.6 is 0 Å². The van der Waals surface area contributed by atoms with Crippen LogP contribution in [0, 0.1) is 0 Å². The first-order valence-electron chi connectivity index (χ1n) is 5.55. The molecule has 1 fully saturated rings. The molecule has 0 aliphatic heterocycles. The lowest BCUT2D eigenvalue weighted by Crippen LogP contribution is -2.93. The van der Waals surface area contributed by atoms with Crippen LogP contribution in [0.25, 0.3) is 0 Å². The zero-order valence-electron chi connectivity index (χ0n) is 9.68. The highest BCUT2D eigenvalue weighted by molar-refractivity contribution is 5.63. The molecule has 3 rings (SSSR count). The maximum absolute atomic E-state index is 14.4. The summed E-state index contributed by atoms with van der Waals surface area (Å²) in [4.78, 5) is 0. The molecule has 0 saturated heterocycles. The zero-order chi connectivity index (χ0) is 13.7. The number of hydrogen-bond donors (Lipinski definition) is 0. The molecular formula is C12H10F6. The minimum absolute atomic E-state index is 0.338. The Morgan fingerprint density at radius 2 is 1.00 bits per heavy atom. The van der Waals surface area contributed by atoms with Crippen LogP contribution in [-0.2, 0) is 0 Å². The van der Waals surface area contributed by atoms with Gasteiger partial charge in [-0.3, -0.25) is 0 Å². The molecule has 18 heavy (non-hydrogen) atoms. The summed E-state index contributed by atoms with van der Waals surface area (Å²) < 4.78 is 83.3. The van der Waals surface area contributed by atoms with E-state index in [1.165, 1.54) is 13.8 Å². The van der Waals surface area contributed by atoms with Crippen molar-refractivity contribution >= 4 is 0 Å². The third kappa shape index (κ3) is 0.703. The molecule has 1 saturated carbocycles. The third-order valence-corrected chi connectivity index (χ3v) is 4.74. The summed E-state index contributed by atoms with van der Waals surface area (Å²) >= 11 is 0. The first-order valence-corrected chi connectivity index (χ1v) is 5.55. The quantitative estimate of drug-likeness (QED) is 0.458. The second-order valence-corrected chi connectivity index (χ2v) is 5.46. The summed E-state index contributed by atoms with van der Waals surface area (Å²) in [5, 5.41) is 0. The first kappa shape index (κ1) is 12.1. The molecule has 0 nitrogen and oxygen atoms in total. The topological polar surface area (TPSA) is 0 Å². The van der Waals surface area contributed by atoms with Gasteiger partial charge in [0.05, 0.1) is 0 Å². The predicted octanol–water partition coefficient (Wildman–Crippen LogP) is 4.13. The molecular weight excluding hydrogens is 258 g/mol. The van der Waals surface area contributed by atoms with Crippen molar-refractivity contribution in [2.45, 2.75) is 49.4 Å². The van der Waals surface area contributed by atoms with Crippen molar-refractivity contribution in [3.05, 3.63) is 22.8 Å². The molecule has 0 bridgehead atoms. The van der Waals surface area contributed by atoms with Gasteiger partial charge in [0, 0.05) is 12.8 Å². The normalized spacial score (nSPS) is 54.7. The van der Waals surface area contributed by atoms with Gasteiger partial charge in [0.15, 0.2) is 23.0 Å². The lowest BCUT2D eigenvalue weighted by atomic mass is 9.38. The van der Waals surface area contributed by atoms with Crippen molar-refractivity contribution in [3.8, 4) is 0 Å². The lowest BCUT2D eigenvalue weighted by molar-refractivity contribution is -0.353. The molecule has 4 atom stereocenters. The summed E-state index contributed by atoms with van der Waals surface area (Å²) in [6.45, 7) is 2.88. The molecule has 3 aliphatic rings. The Hall–Kier alpha value is -0.940. The van der Waals surface area contributed by atoms with Crippen molar-refractivity contribution in [2.75, 3.05) is 0 Å². The molecule has 0 aromatic rings. The van der Waals surface area contributed by atoms with Gasteiger partial charge in [-0.05, 0) is 13.8 Å². The summed E-state index contributed by atoms with van der Waals surface area (Å²) in [7, 11) is 0. The summed E-state index contributed by atoms with van der Waals surface area (Å²) in [5.74, 6) is -4.29. The van der Waals surface area contributed by atoms with E-state index in [9.17, 15) is 26.3 Å². The Bertz CT molecular complexity index is 491. The molecule has 0 amide bonds. The van der Waals surface area contributed by atoms with Crippen molar-refractivity contribution in [2.24, 2.45) is 0 Å². The Labute approximate surface area is 99.4 Å². The van der Waals surface area contributed by atoms with Crippen molar-refractivity contribution < 1.29 is 26.3 Å². The number of hydrogen-bond acceptors (Lipinski definition) is 0. The largest absolute Gasteiger partial charge is 0.245 e. The van der Waals surface area contributed by atoms with E-state index in [0.29, 0.717) is 11.1 Å². The minimum Gasteiger partial charge on any atom is -0.236 e. The smallest absolute Gasteiger partial charge is 0.236 e. The standard InChI is InChI=1S/C12H10F6/c1-5-3-9(15)10(16,4-6(5)2)12(18)8(14)7(13)11(9,12)17/h3-4H2,1-2H3. The van der Waals surface area contributed by atoms with Crippen LogP contribution in [0.3, 0.4) is 0 Å². The highest BCUT2D eigenvalue weighted by Crippen LogP contribution is 2.81. The van der Waals surface area contributed by atoms with Crippen molar-refractivity contribution in [1.29, 1.82) is 0 Å². The van der Waals surface area contributed by atoms with Gasteiger partial charge in [0.1, 0.15) is 0 Å². The van der Waals surface area contributed by atoms with Gasteiger partial charge in [-0.2, -0.15) is 0 Å². The van der Waals surface area contributed by atoms with Crippen molar-refractivity contribution in [1.82, 2.24) is 0 Å². The number of alkyl halides is 4. The zero-order valence-corrected chi connectivity index (χ0v) is 9.68. The summed E-state index contributed by atoms with van der Waals surface area (Å²) in [5.41, 5.74) is -13.7. The molecule has 3 aliphatic carbocycles. The van der Waals surface area contributed by atoms with Gasteiger partial charge in [0.25, 0.3) is 0 Å². The Kier molecular flexibility index (Phi) is 1.78. The minimum atomic E-state index is -3.82. The van der Waals surface area contributed by atoms with Crippen LogP contribution in [0.15, 0.2) is 22.8 Å². The monoisotopic (exact) mass is 268 g/mol. The molecule has 6 heteroatoms. The highest BCUT2D eigenvalue weighted by Gasteiger charge is 3.02. The molecule has 0 radical (unpaired) electrons. The van der Waals surface area contributed by atoms with Gasteiger partial charge in [-0.1, -0.05) is 11.1 Å². The molecule has 0 aromatic carbocycles. The second-order valence-electron chi connectivity index (χ2n) is 5.46. The van der Waals surface area contributed by atoms with E-state index in [4.69, 9.17) is 0 Å². The van der Waals surface area contributed by atoms with E-state index < -0.39 is 47.2 Å². The molecule has 0 aromatic heterocycles. The van der Waals surface area contributed by atoms with Crippen LogP contribution in [0.4, 0.5) is 26.3 Å². The van der Waals surface area contributed by atoms with Crippen LogP contribution < -0.4 is 0 Å². The average molecular weight is 268 g/mol. The lowest BCUT2D eigenvalue weighted by Gasteiger charge is -2.70. The van der Waals surface area contributed by atoms with Crippen molar-refractivity contribution in [3.63, 3.8) is 0 Å².